The van der Waals surface area contributed by atoms with E-state index in [1.54, 1.807) is 0 Å². The van der Waals surface area contributed by atoms with Gasteiger partial charge in [-0.2, -0.15) is 5.26 Å². The number of fused-ring (bicyclic) bond motifs is 9. The van der Waals surface area contributed by atoms with Crippen molar-refractivity contribution in [2.24, 2.45) is 0 Å². The van der Waals surface area contributed by atoms with Gasteiger partial charge in [-0.05, 0) is 48.5 Å². The summed E-state index contributed by atoms with van der Waals surface area (Å²) in [6.07, 6.45) is 0. The third-order valence-corrected chi connectivity index (χ3v) is 11.4. The van der Waals surface area contributed by atoms with Gasteiger partial charge in [0.05, 0.1) is 44.3 Å². The number of nitriles is 1. The Bertz CT molecular complexity index is 3610. The van der Waals surface area contributed by atoms with Crippen molar-refractivity contribution < 1.29 is 4.42 Å². The van der Waals surface area contributed by atoms with E-state index in [1.165, 1.54) is 0 Å². The molecule has 12 aromatic rings. The largest absolute Gasteiger partial charge is 0.455 e. The van der Waals surface area contributed by atoms with Gasteiger partial charge < -0.3 is 13.6 Å². The lowest BCUT2D eigenvalue weighted by Gasteiger charge is -2.15. The first-order valence-electron chi connectivity index (χ1n) is 19.5. The van der Waals surface area contributed by atoms with Gasteiger partial charge in [-0.1, -0.05) is 133 Å². The Balaban J connectivity index is 1.20. The molecule has 4 aromatic heterocycles. The minimum Gasteiger partial charge on any atom is -0.455 e. The zero-order chi connectivity index (χ0) is 39.0. The number of furan rings is 1. The van der Waals surface area contributed by atoms with E-state index in [4.69, 9.17) is 19.4 Å². The number of hydrogen-bond donors (Lipinski definition) is 0. The van der Waals surface area contributed by atoms with Gasteiger partial charge in [-0.15, -0.1) is 0 Å². The van der Waals surface area contributed by atoms with Crippen LogP contribution in [0.25, 0.3) is 111 Å². The SMILES string of the molecule is N#Cc1cc(-c2nc(-c3ccccc3)nc(-c3ccccc3)n2)c2oc3ccccc3c2c1-n1c2ccccc2c2cc3c(cc21)c1ccccc1n3-c1ccccc1. The van der Waals surface area contributed by atoms with Crippen LogP contribution in [0, 0.1) is 11.3 Å². The van der Waals surface area contributed by atoms with Crippen LogP contribution in [-0.2, 0) is 0 Å². The Hall–Kier alpha value is -8.34. The predicted molar refractivity (Wildman–Crippen MR) is 237 cm³/mol. The number of para-hydroxylation sites is 4. The van der Waals surface area contributed by atoms with Crippen molar-refractivity contribution in [2.45, 2.75) is 0 Å². The number of hydrogen-bond acceptors (Lipinski definition) is 5. The molecule has 0 fully saturated rings. The van der Waals surface area contributed by atoms with E-state index < -0.39 is 0 Å². The normalized spacial score (nSPS) is 11.7. The molecule has 8 aromatic carbocycles. The molecule has 0 bridgehead atoms. The monoisotopic (exact) mass is 754 g/mol. The third kappa shape index (κ3) is 4.97. The summed E-state index contributed by atoms with van der Waals surface area (Å²) in [5.74, 6) is 1.48. The fourth-order valence-electron chi connectivity index (χ4n) is 8.82. The van der Waals surface area contributed by atoms with Crippen LogP contribution in [0.3, 0.4) is 0 Å². The van der Waals surface area contributed by atoms with E-state index >= 15 is 0 Å². The minimum atomic E-state index is 0.419. The third-order valence-electron chi connectivity index (χ3n) is 11.4. The number of benzene rings is 8. The van der Waals surface area contributed by atoms with Gasteiger partial charge in [-0.3, -0.25) is 0 Å². The summed E-state index contributed by atoms with van der Waals surface area (Å²) in [5, 5.41) is 17.4. The molecule has 0 atom stereocenters. The fraction of sp³-hybridized carbons (Fsp3) is 0. The van der Waals surface area contributed by atoms with Crippen molar-refractivity contribution >= 4 is 65.6 Å². The first kappa shape index (κ1) is 32.9. The highest BCUT2D eigenvalue weighted by molar-refractivity contribution is 6.21. The molecule has 0 spiro atoms. The maximum absolute atomic E-state index is 11.3. The highest BCUT2D eigenvalue weighted by Gasteiger charge is 2.27. The lowest BCUT2D eigenvalue weighted by atomic mass is 10.0. The van der Waals surface area contributed by atoms with E-state index in [-0.39, 0.29) is 0 Å². The molecule has 7 heteroatoms. The lowest BCUT2D eigenvalue weighted by Crippen LogP contribution is -2.03. The molecule has 0 N–H and O–H groups in total. The predicted octanol–water partition coefficient (Wildman–Crippen LogP) is 12.8. The van der Waals surface area contributed by atoms with Crippen molar-refractivity contribution in [1.29, 1.82) is 5.26 Å². The molecule has 0 radical (unpaired) electrons. The van der Waals surface area contributed by atoms with Crippen molar-refractivity contribution in [2.75, 3.05) is 0 Å². The molecule has 0 aliphatic carbocycles. The molecular weight excluding hydrogens is 725 g/mol. The van der Waals surface area contributed by atoms with E-state index in [0.717, 1.165) is 76.9 Å². The number of rotatable bonds is 5. The quantitative estimate of drug-likeness (QED) is 0.175. The summed E-state index contributed by atoms with van der Waals surface area (Å²) >= 11 is 0. The van der Waals surface area contributed by atoms with E-state index in [2.05, 4.69) is 106 Å². The maximum Gasteiger partial charge on any atom is 0.167 e. The number of nitrogens with zero attached hydrogens (tertiary/aromatic N) is 6. The summed E-state index contributed by atoms with van der Waals surface area (Å²) in [6.45, 7) is 0. The maximum atomic E-state index is 11.3. The second kappa shape index (κ2) is 12.8. The zero-order valence-corrected chi connectivity index (χ0v) is 31.4. The van der Waals surface area contributed by atoms with Crippen LogP contribution < -0.4 is 0 Å². The van der Waals surface area contributed by atoms with Crippen molar-refractivity contribution in [3.05, 3.63) is 188 Å². The Kier molecular flexibility index (Phi) is 7.16. The standard InChI is InChI=1S/C52H30N6O/c53-31-34-28-41(52-55-50(32-16-4-1-5-17-32)54-51(56-52)33-18-6-2-7-19-33)49-47(38-24-12-15-27-46(38)59-49)48(34)58-43-26-14-11-23-37(43)40-29-44-39(30-45(40)58)36-22-10-13-25-42(36)57(44)35-20-8-3-9-21-35/h1-30H. The van der Waals surface area contributed by atoms with E-state index in [0.29, 0.717) is 39.8 Å². The molecule has 4 heterocycles. The topological polar surface area (TPSA) is 85.5 Å². The zero-order valence-electron chi connectivity index (χ0n) is 31.4. The highest BCUT2D eigenvalue weighted by atomic mass is 16.3. The molecule has 0 saturated heterocycles. The second-order valence-corrected chi connectivity index (χ2v) is 14.7. The molecular formula is C52H30N6O. The van der Waals surface area contributed by atoms with Gasteiger partial charge in [0.15, 0.2) is 17.5 Å². The minimum absolute atomic E-state index is 0.419. The van der Waals surface area contributed by atoms with Crippen LogP contribution in [-0.4, -0.2) is 24.1 Å². The molecule has 0 amide bonds. The van der Waals surface area contributed by atoms with Crippen LogP contribution in [0.5, 0.6) is 0 Å². The second-order valence-electron chi connectivity index (χ2n) is 14.7. The molecule has 12 rings (SSSR count). The summed E-state index contributed by atoms with van der Waals surface area (Å²) in [5.41, 5.74) is 10.2. The van der Waals surface area contributed by atoms with Crippen LogP contribution in [0.2, 0.25) is 0 Å². The van der Waals surface area contributed by atoms with Crippen LogP contribution in [0.4, 0.5) is 0 Å². The summed E-state index contributed by atoms with van der Waals surface area (Å²) < 4.78 is 11.4. The van der Waals surface area contributed by atoms with Crippen LogP contribution in [0.1, 0.15) is 5.56 Å². The van der Waals surface area contributed by atoms with Crippen molar-refractivity contribution in [3.8, 4) is 51.6 Å². The molecule has 0 aliphatic heterocycles. The first-order valence-corrected chi connectivity index (χ1v) is 19.5. The molecule has 0 unspecified atom stereocenters. The molecule has 0 saturated carbocycles. The number of aromatic nitrogens is 5. The first-order chi connectivity index (χ1) is 29.2. The Morgan fingerprint density at radius 2 is 0.932 bits per heavy atom. The Morgan fingerprint density at radius 3 is 1.54 bits per heavy atom. The van der Waals surface area contributed by atoms with Gasteiger partial charge in [0.2, 0.25) is 0 Å². The van der Waals surface area contributed by atoms with Gasteiger partial charge in [0, 0.05) is 43.7 Å². The van der Waals surface area contributed by atoms with E-state index in [9.17, 15) is 5.26 Å². The van der Waals surface area contributed by atoms with Gasteiger partial charge in [0.1, 0.15) is 17.2 Å². The molecule has 59 heavy (non-hydrogen) atoms. The Labute approximate surface area is 337 Å². The van der Waals surface area contributed by atoms with Crippen molar-refractivity contribution in [1.82, 2.24) is 24.1 Å². The van der Waals surface area contributed by atoms with Gasteiger partial charge in [0.25, 0.3) is 0 Å². The van der Waals surface area contributed by atoms with Gasteiger partial charge in [-0.25, -0.2) is 15.0 Å². The smallest absolute Gasteiger partial charge is 0.167 e. The van der Waals surface area contributed by atoms with Crippen molar-refractivity contribution in [3.63, 3.8) is 0 Å². The Morgan fingerprint density at radius 1 is 0.441 bits per heavy atom. The van der Waals surface area contributed by atoms with E-state index in [1.807, 2.05) is 91.0 Å². The molecule has 0 aliphatic rings. The molecule has 274 valence electrons. The average molecular weight is 755 g/mol. The summed E-state index contributed by atoms with van der Waals surface area (Å²) in [7, 11) is 0. The summed E-state index contributed by atoms with van der Waals surface area (Å²) in [6, 6.07) is 64.4. The average Bonchev–Trinajstić information content (AvgIpc) is 3.96. The van der Waals surface area contributed by atoms with Crippen LogP contribution >= 0.6 is 0 Å². The molecule has 7 nitrogen and oxygen atoms in total. The van der Waals surface area contributed by atoms with Crippen LogP contribution in [0.15, 0.2) is 186 Å². The van der Waals surface area contributed by atoms with Gasteiger partial charge >= 0.3 is 0 Å². The lowest BCUT2D eigenvalue weighted by molar-refractivity contribution is 0.669. The highest BCUT2D eigenvalue weighted by Crippen LogP contribution is 2.45. The summed E-state index contributed by atoms with van der Waals surface area (Å²) in [4.78, 5) is 15.1. The fourth-order valence-corrected chi connectivity index (χ4v) is 8.82.